The van der Waals surface area contributed by atoms with E-state index < -0.39 is 5.60 Å². The van der Waals surface area contributed by atoms with Crippen molar-refractivity contribution in [2.45, 2.75) is 64.4 Å². The number of anilines is 1. The molecule has 0 atom stereocenters. The minimum absolute atomic E-state index is 0.113. The Morgan fingerprint density at radius 3 is 2.68 bits per heavy atom. The number of nitriles is 1. The Hall–Kier alpha value is -2.06. The van der Waals surface area contributed by atoms with Gasteiger partial charge >= 0.3 is 0 Å². The first-order valence-corrected chi connectivity index (χ1v) is 9.27. The van der Waals surface area contributed by atoms with Crippen LogP contribution in [0.2, 0.25) is 0 Å². The molecule has 0 aromatic heterocycles. The third kappa shape index (κ3) is 4.96. The molecule has 0 heterocycles. The molecule has 0 radical (unpaired) electrons. The van der Waals surface area contributed by atoms with Crippen molar-refractivity contribution in [2.24, 2.45) is 0 Å². The molecule has 1 aliphatic carbocycles. The second kappa shape index (κ2) is 9.43. The maximum atomic E-state index is 12.8. The van der Waals surface area contributed by atoms with E-state index in [4.69, 9.17) is 9.47 Å². The number of nitrogens with one attached hydrogen (secondary N) is 1. The van der Waals surface area contributed by atoms with Gasteiger partial charge in [-0.05, 0) is 44.4 Å². The highest BCUT2D eigenvalue weighted by Crippen LogP contribution is 2.33. The van der Waals surface area contributed by atoms with Crippen molar-refractivity contribution < 1.29 is 14.3 Å². The highest BCUT2D eigenvalue weighted by molar-refractivity contribution is 5.97. The van der Waals surface area contributed by atoms with Crippen LogP contribution >= 0.6 is 0 Å². The molecule has 0 spiro atoms. The maximum absolute atomic E-state index is 12.8. The van der Waals surface area contributed by atoms with Gasteiger partial charge in [0.25, 0.3) is 5.91 Å². The van der Waals surface area contributed by atoms with Crippen LogP contribution in [-0.2, 0) is 9.53 Å². The summed E-state index contributed by atoms with van der Waals surface area (Å²) in [6.07, 6.45) is 6.62. The highest BCUT2D eigenvalue weighted by Gasteiger charge is 2.40. The van der Waals surface area contributed by atoms with E-state index in [1.807, 2.05) is 6.92 Å². The lowest BCUT2D eigenvalue weighted by Crippen LogP contribution is -2.47. The van der Waals surface area contributed by atoms with Crippen LogP contribution in [-0.4, -0.2) is 24.7 Å². The number of ether oxygens (including phenoxy) is 2. The summed E-state index contributed by atoms with van der Waals surface area (Å²) in [7, 11) is 0. The molecule has 5 heteroatoms. The molecule has 1 N–H and O–H groups in total. The fourth-order valence-corrected chi connectivity index (χ4v) is 3.23. The number of carbonyl (C=O) groups excluding carboxylic acids is 1. The van der Waals surface area contributed by atoms with Gasteiger partial charge in [-0.2, -0.15) is 5.26 Å². The van der Waals surface area contributed by atoms with Gasteiger partial charge in [0.05, 0.1) is 12.2 Å². The van der Waals surface area contributed by atoms with E-state index in [9.17, 15) is 10.1 Å². The van der Waals surface area contributed by atoms with Gasteiger partial charge in [0, 0.05) is 12.3 Å². The van der Waals surface area contributed by atoms with Crippen LogP contribution in [0.15, 0.2) is 18.2 Å². The minimum atomic E-state index is -0.740. The van der Waals surface area contributed by atoms with Crippen molar-refractivity contribution in [1.82, 2.24) is 0 Å². The van der Waals surface area contributed by atoms with Crippen LogP contribution in [0.5, 0.6) is 5.75 Å². The van der Waals surface area contributed by atoms with Crippen molar-refractivity contribution in [1.29, 1.82) is 5.26 Å². The van der Waals surface area contributed by atoms with Gasteiger partial charge in [-0.25, -0.2) is 0 Å². The summed E-state index contributed by atoms with van der Waals surface area (Å²) >= 11 is 0. The summed E-state index contributed by atoms with van der Waals surface area (Å²) in [6, 6.07) is 7.34. The van der Waals surface area contributed by atoms with Crippen molar-refractivity contribution in [3.8, 4) is 11.8 Å². The molecule has 1 saturated carbocycles. The Balaban J connectivity index is 2.10. The van der Waals surface area contributed by atoms with Crippen LogP contribution in [0.25, 0.3) is 0 Å². The smallest absolute Gasteiger partial charge is 0.256 e. The van der Waals surface area contributed by atoms with Crippen LogP contribution in [0.1, 0.15) is 64.4 Å². The van der Waals surface area contributed by atoms with E-state index >= 15 is 0 Å². The highest BCUT2D eigenvalue weighted by atomic mass is 16.5. The molecule has 0 unspecified atom stereocenters. The molecule has 1 fully saturated rings. The molecule has 25 heavy (non-hydrogen) atoms. The Morgan fingerprint density at radius 1 is 1.28 bits per heavy atom. The zero-order valence-corrected chi connectivity index (χ0v) is 15.3. The molecular formula is C20H28N2O3. The summed E-state index contributed by atoms with van der Waals surface area (Å²) in [4.78, 5) is 12.8. The Labute approximate surface area is 150 Å². The van der Waals surface area contributed by atoms with E-state index in [0.717, 1.165) is 44.9 Å². The summed E-state index contributed by atoms with van der Waals surface area (Å²) in [5.41, 5.74) is 0.299. The molecule has 0 aliphatic heterocycles. The maximum Gasteiger partial charge on any atom is 0.256 e. The first-order valence-electron chi connectivity index (χ1n) is 9.27. The standard InChI is InChI=1S/C20H28N2O3/c1-3-5-13-24-18-10-9-17(14-16(18)15-21)22-19(23)20(25-4-2)11-7-6-8-12-20/h9-10,14H,3-8,11-13H2,1-2H3,(H,22,23). The van der Waals surface area contributed by atoms with Crippen LogP contribution in [0, 0.1) is 11.3 Å². The number of amides is 1. The van der Waals surface area contributed by atoms with Gasteiger partial charge in [0.1, 0.15) is 17.4 Å². The molecule has 1 aliphatic rings. The molecule has 1 aromatic rings. The van der Waals surface area contributed by atoms with E-state index in [1.54, 1.807) is 18.2 Å². The Morgan fingerprint density at radius 2 is 2.04 bits per heavy atom. The lowest BCUT2D eigenvalue weighted by atomic mass is 9.83. The van der Waals surface area contributed by atoms with E-state index in [2.05, 4.69) is 18.3 Å². The Kier molecular flexibility index (Phi) is 7.27. The number of hydrogen-bond donors (Lipinski definition) is 1. The summed E-state index contributed by atoms with van der Waals surface area (Å²) in [5, 5.41) is 12.3. The lowest BCUT2D eigenvalue weighted by Gasteiger charge is -2.35. The molecule has 1 amide bonds. The lowest BCUT2D eigenvalue weighted by molar-refractivity contribution is -0.145. The molecule has 2 rings (SSSR count). The molecular weight excluding hydrogens is 316 g/mol. The number of nitrogens with zero attached hydrogens (tertiary/aromatic N) is 1. The summed E-state index contributed by atoms with van der Waals surface area (Å²) in [5.74, 6) is 0.448. The van der Waals surface area contributed by atoms with Gasteiger partial charge < -0.3 is 14.8 Å². The molecule has 136 valence electrons. The second-order valence-electron chi connectivity index (χ2n) is 6.47. The number of rotatable bonds is 8. The molecule has 0 bridgehead atoms. The number of hydrogen-bond acceptors (Lipinski definition) is 4. The minimum Gasteiger partial charge on any atom is -0.492 e. The van der Waals surface area contributed by atoms with Gasteiger partial charge in [-0.3, -0.25) is 4.79 Å². The van der Waals surface area contributed by atoms with Crippen molar-refractivity contribution in [3.63, 3.8) is 0 Å². The SMILES string of the molecule is CCCCOc1ccc(NC(=O)C2(OCC)CCCCC2)cc1C#N. The summed E-state index contributed by atoms with van der Waals surface area (Å²) in [6.45, 7) is 5.11. The normalized spacial score (nSPS) is 16.0. The van der Waals surface area contributed by atoms with E-state index in [-0.39, 0.29) is 5.91 Å². The first kappa shape index (κ1) is 19.3. The van der Waals surface area contributed by atoms with Gasteiger partial charge in [-0.15, -0.1) is 0 Å². The van der Waals surface area contributed by atoms with Crippen molar-refractivity contribution >= 4 is 11.6 Å². The number of carbonyl (C=O) groups is 1. The molecule has 1 aromatic carbocycles. The fraction of sp³-hybridized carbons (Fsp3) is 0.600. The zero-order valence-electron chi connectivity index (χ0n) is 15.3. The number of benzene rings is 1. The average Bonchev–Trinajstić information content (AvgIpc) is 2.64. The molecule has 0 saturated heterocycles. The quantitative estimate of drug-likeness (QED) is 0.709. The third-order valence-corrected chi connectivity index (χ3v) is 4.61. The predicted molar refractivity (Wildman–Crippen MR) is 97.6 cm³/mol. The van der Waals surface area contributed by atoms with Gasteiger partial charge in [0.2, 0.25) is 0 Å². The van der Waals surface area contributed by atoms with Crippen molar-refractivity contribution in [2.75, 3.05) is 18.5 Å². The van der Waals surface area contributed by atoms with E-state index in [0.29, 0.717) is 30.2 Å². The zero-order chi connectivity index (χ0) is 18.1. The van der Waals surface area contributed by atoms with Crippen LogP contribution < -0.4 is 10.1 Å². The first-order chi connectivity index (χ1) is 12.1. The largest absolute Gasteiger partial charge is 0.492 e. The van der Waals surface area contributed by atoms with Gasteiger partial charge in [-0.1, -0.05) is 32.6 Å². The number of unbranched alkanes of at least 4 members (excludes halogenated alkanes) is 1. The van der Waals surface area contributed by atoms with Crippen LogP contribution in [0.4, 0.5) is 5.69 Å². The van der Waals surface area contributed by atoms with E-state index in [1.165, 1.54) is 0 Å². The second-order valence-corrected chi connectivity index (χ2v) is 6.47. The topological polar surface area (TPSA) is 71.3 Å². The molecule has 5 nitrogen and oxygen atoms in total. The summed E-state index contributed by atoms with van der Waals surface area (Å²) < 4.78 is 11.5. The Bertz CT molecular complexity index is 610. The van der Waals surface area contributed by atoms with Crippen molar-refractivity contribution in [3.05, 3.63) is 23.8 Å². The predicted octanol–water partition coefficient (Wildman–Crippen LogP) is 4.42. The monoisotopic (exact) mass is 344 g/mol. The van der Waals surface area contributed by atoms with Crippen LogP contribution in [0.3, 0.4) is 0 Å². The third-order valence-electron chi connectivity index (χ3n) is 4.61. The average molecular weight is 344 g/mol. The fourth-order valence-electron chi connectivity index (χ4n) is 3.23. The van der Waals surface area contributed by atoms with Gasteiger partial charge in [0.15, 0.2) is 0 Å².